The number of aromatic nitrogens is 2. The average Bonchev–Trinajstić information content (AvgIpc) is 4.08. The van der Waals surface area contributed by atoms with Gasteiger partial charge >= 0.3 is 0 Å². The van der Waals surface area contributed by atoms with Gasteiger partial charge in [-0.15, -0.1) is 0 Å². The molecule has 0 radical (unpaired) electrons. The number of rotatable bonds is 12. The van der Waals surface area contributed by atoms with E-state index in [1.165, 1.54) is 24.3 Å². The van der Waals surface area contributed by atoms with Crippen LogP contribution in [0.25, 0.3) is 21.8 Å². The molecular weight excluding hydrogens is 758 g/mol. The fraction of sp³-hybridized carbons (Fsp3) is 0.156. The highest BCUT2D eigenvalue weighted by molar-refractivity contribution is 6.17. The minimum Gasteiger partial charge on any atom is -0.493 e. The van der Waals surface area contributed by atoms with Crippen LogP contribution >= 0.6 is 0 Å². The number of nitrogen functional groups attached to an aromatic ring is 1. The zero-order valence-electron chi connectivity index (χ0n) is 32.6. The van der Waals surface area contributed by atoms with Crippen molar-refractivity contribution in [2.24, 2.45) is 5.41 Å². The predicted molar refractivity (Wildman–Crippen MR) is 222 cm³/mol. The van der Waals surface area contributed by atoms with Gasteiger partial charge in [-0.1, -0.05) is 0 Å². The van der Waals surface area contributed by atoms with Gasteiger partial charge in [-0.3, -0.25) is 19.6 Å². The quantitative estimate of drug-likeness (QED) is 0.0797. The number of fused-ring (bicyclic) bond motifs is 2. The van der Waals surface area contributed by atoms with E-state index in [1.807, 2.05) is 30.3 Å². The van der Waals surface area contributed by atoms with Crippen molar-refractivity contribution in [2.75, 3.05) is 44.8 Å². The average molecular weight is 798 g/mol. The van der Waals surface area contributed by atoms with Crippen LogP contribution in [0.4, 0.5) is 21.5 Å². The maximum Gasteiger partial charge on any atom is 0.240 e. The van der Waals surface area contributed by atoms with Gasteiger partial charge in [0.2, 0.25) is 11.8 Å². The minimum atomic E-state index is -1.14. The van der Waals surface area contributed by atoms with Crippen LogP contribution in [0.15, 0.2) is 122 Å². The predicted octanol–water partition coefficient (Wildman–Crippen LogP) is 9.17. The number of halogens is 1. The summed E-state index contributed by atoms with van der Waals surface area (Å²) in [6, 6.07) is 30.3. The van der Waals surface area contributed by atoms with Crippen molar-refractivity contribution in [1.29, 1.82) is 0 Å². The largest absolute Gasteiger partial charge is 0.493 e. The van der Waals surface area contributed by atoms with E-state index < -0.39 is 17.1 Å². The third kappa shape index (κ3) is 8.86. The molecule has 0 bridgehead atoms. The molecule has 8 rings (SSSR count). The minimum absolute atomic E-state index is 0.387. The van der Waals surface area contributed by atoms with Gasteiger partial charge in [0.05, 0.1) is 39.5 Å². The van der Waals surface area contributed by atoms with Crippen molar-refractivity contribution in [3.63, 3.8) is 0 Å². The van der Waals surface area contributed by atoms with E-state index in [9.17, 15) is 14.0 Å². The first-order chi connectivity index (χ1) is 28.6. The van der Waals surface area contributed by atoms with Crippen LogP contribution < -0.4 is 44.8 Å². The second-order valence-electron chi connectivity index (χ2n) is 13.4. The van der Waals surface area contributed by atoms with Crippen LogP contribution in [0.1, 0.15) is 12.8 Å². The Morgan fingerprint density at radius 3 is 1.36 bits per heavy atom. The van der Waals surface area contributed by atoms with Gasteiger partial charge in [-0.05, 0) is 110 Å². The Kier molecular flexibility index (Phi) is 11.6. The lowest BCUT2D eigenvalue weighted by Gasteiger charge is -2.16. The highest BCUT2D eigenvalue weighted by Crippen LogP contribution is 2.48. The zero-order chi connectivity index (χ0) is 41.5. The number of pyridine rings is 2. The first-order valence-electron chi connectivity index (χ1n) is 18.3. The summed E-state index contributed by atoms with van der Waals surface area (Å²) in [4.78, 5) is 34.4. The van der Waals surface area contributed by atoms with E-state index in [1.54, 1.807) is 95.4 Å². The van der Waals surface area contributed by atoms with Crippen LogP contribution in [-0.4, -0.2) is 50.2 Å². The monoisotopic (exact) mass is 797 g/mol. The van der Waals surface area contributed by atoms with E-state index in [2.05, 4.69) is 20.6 Å². The molecule has 0 unspecified atom stereocenters. The van der Waals surface area contributed by atoms with Crippen LogP contribution in [0.3, 0.4) is 0 Å². The Balaban J connectivity index is 0.000000204. The smallest absolute Gasteiger partial charge is 0.240 e. The summed E-state index contributed by atoms with van der Waals surface area (Å²) < 4.78 is 46.5. The topological polar surface area (TPSA) is 165 Å². The number of amides is 2. The second-order valence-corrected chi connectivity index (χ2v) is 13.4. The van der Waals surface area contributed by atoms with E-state index in [0.29, 0.717) is 81.4 Å². The molecular formula is C45H40FN5O8. The number of methoxy groups -OCH3 is 4. The number of hydrogen-bond acceptors (Lipinski definition) is 11. The van der Waals surface area contributed by atoms with Crippen LogP contribution in [-0.2, 0) is 9.59 Å². The molecule has 7 aromatic rings. The van der Waals surface area contributed by atoms with Gasteiger partial charge in [-0.25, -0.2) is 4.39 Å². The first kappa shape index (κ1) is 39.6. The van der Waals surface area contributed by atoms with E-state index in [0.717, 1.165) is 16.3 Å². The molecule has 4 N–H and O–H groups in total. The maximum absolute atomic E-state index is 13.1. The normalized spacial score (nSPS) is 12.4. The molecule has 1 saturated carbocycles. The van der Waals surface area contributed by atoms with E-state index >= 15 is 0 Å². The summed E-state index contributed by atoms with van der Waals surface area (Å²) in [5, 5.41) is 7.10. The number of carbonyl (C=O) groups excluding carboxylic acids is 2. The van der Waals surface area contributed by atoms with Crippen LogP contribution in [0.2, 0.25) is 0 Å². The standard InChI is InChI=1S/C28H24FN3O5.C17H16N2O3/c1-35-24-15-21-22(16-25(24)36-2)30-14-11-23(21)37-20-9-7-19(8-10-20)32-27(34)28(12-13-28)26(33)31-18-5-3-17(29)4-6-18;1-20-16-9-13-14(10-17(16)21-2)19-8-7-15(13)22-12-5-3-11(18)4-6-12/h3-11,14-16H,12-13H2,1-2H3,(H,31,33)(H,32,34);3-10H,18H2,1-2H3. The molecule has 59 heavy (non-hydrogen) atoms. The third-order valence-corrected chi connectivity index (χ3v) is 9.58. The molecule has 1 aliphatic rings. The fourth-order valence-electron chi connectivity index (χ4n) is 6.19. The molecule has 0 aliphatic heterocycles. The first-order valence-corrected chi connectivity index (χ1v) is 18.3. The molecule has 1 aliphatic carbocycles. The molecule has 14 heteroatoms. The van der Waals surface area contributed by atoms with Gasteiger partial charge in [-0.2, -0.15) is 0 Å². The molecule has 1 fully saturated rings. The summed E-state index contributed by atoms with van der Waals surface area (Å²) in [5.41, 5.74) is 7.66. The lowest BCUT2D eigenvalue weighted by molar-refractivity contribution is -0.131. The SMILES string of the molecule is COc1cc2nccc(Oc3ccc(N)cc3)c2cc1OC.COc1cc2nccc(Oc3ccc(NC(=O)C4(C(=O)Nc5ccc(F)cc5)CC4)cc3)c2cc1OC. The van der Waals surface area contributed by atoms with Gasteiger partial charge in [0.15, 0.2) is 23.0 Å². The number of nitrogens with one attached hydrogen (secondary N) is 2. The zero-order valence-corrected chi connectivity index (χ0v) is 32.6. The summed E-state index contributed by atoms with van der Waals surface area (Å²) >= 11 is 0. The molecule has 13 nitrogen and oxygen atoms in total. The Bertz CT molecular complexity index is 2620. The number of benzene rings is 5. The van der Waals surface area contributed by atoms with Gasteiger partial charge in [0.1, 0.15) is 34.2 Å². The van der Waals surface area contributed by atoms with Gasteiger partial charge in [0, 0.05) is 52.4 Å². The third-order valence-electron chi connectivity index (χ3n) is 9.58. The molecule has 0 atom stereocenters. The lowest BCUT2D eigenvalue weighted by Crippen LogP contribution is -2.35. The Morgan fingerprint density at radius 2 is 0.949 bits per heavy atom. The van der Waals surface area contributed by atoms with Crippen molar-refractivity contribution in [3.8, 4) is 46.0 Å². The van der Waals surface area contributed by atoms with Crippen molar-refractivity contribution in [1.82, 2.24) is 9.97 Å². The summed E-state index contributed by atoms with van der Waals surface area (Å²) in [7, 11) is 6.32. The van der Waals surface area contributed by atoms with Gasteiger partial charge < -0.3 is 44.8 Å². The maximum atomic E-state index is 13.1. The number of anilines is 3. The molecule has 5 aromatic carbocycles. The molecule has 0 saturated heterocycles. The van der Waals surface area contributed by atoms with Gasteiger partial charge in [0.25, 0.3) is 0 Å². The molecule has 0 spiro atoms. The van der Waals surface area contributed by atoms with Crippen LogP contribution in [0.5, 0.6) is 46.0 Å². The highest BCUT2D eigenvalue weighted by Gasteiger charge is 2.56. The lowest BCUT2D eigenvalue weighted by atomic mass is 10.0. The van der Waals surface area contributed by atoms with Crippen molar-refractivity contribution >= 4 is 50.7 Å². The Hall–Kier alpha value is -7.61. The molecule has 2 heterocycles. The molecule has 300 valence electrons. The molecule has 2 aromatic heterocycles. The Morgan fingerprint density at radius 1 is 0.559 bits per heavy atom. The summed E-state index contributed by atoms with van der Waals surface area (Å²) in [5.74, 6) is 3.72. The number of nitrogens with zero attached hydrogens (tertiary/aromatic N) is 2. The number of carbonyl (C=O) groups is 2. The number of hydrogen-bond donors (Lipinski definition) is 3. The van der Waals surface area contributed by atoms with Crippen molar-refractivity contribution in [2.45, 2.75) is 12.8 Å². The number of nitrogens with two attached hydrogens (primary N) is 1. The summed E-state index contributed by atoms with van der Waals surface area (Å²) in [6.07, 6.45) is 4.22. The van der Waals surface area contributed by atoms with Crippen LogP contribution in [0, 0.1) is 11.2 Å². The van der Waals surface area contributed by atoms with Crippen molar-refractivity contribution in [3.05, 3.63) is 127 Å². The highest BCUT2D eigenvalue weighted by atomic mass is 19.1. The second kappa shape index (κ2) is 17.3. The fourth-order valence-corrected chi connectivity index (χ4v) is 6.19. The number of ether oxygens (including phenoxy) is 6. The Labute approximate surface area is 338 Å². The molecule has 2 amide bonds. The van der Waals surface area contributed by atoms with Crippen molar-refractivity contribution < 1.29 is 42.4 Å². The van der Waals surface area contributed by atoms with E-state index in [4.69, 9.17) is 34.2 Å². The summed E-state index contributed by atoms with van der Waals surface area (Å²) in [6.45, 7) is 0. The van der Waals surface area contributed by atoms with E-state index in [-0.39, 0.29) is 5.91 Å².